The Labute approximate surface area is 182 Å². The predicted molar refractivity (Wildman–Crippen MR) is 120 cm³/mol. The van der Waals surface area contributed by atoms with Crippen molar-refractivity contribution < 1.29 is 19.1 Å². The molecule has 160 valence electrons. The fraction of sp³-hybridized carbons (Fsp3) is 0.308. The molecule has 0 saturated heterocycles. The van der Waals surface area contributed by atoms with E-state index < -0.39 is 18.0 Å². The molecule has 0 aliphatic carbocycles. The number of fused-ring (bicyclic) bond motifs is 2. The fourth-order valence-electron chi connectivity index (χ4n) is 4.04. The Morgan fingerprint density at radius 1 is 0.935 bits per heavy atom. The molecule has 0 aromatic heterocycles. The van der Waals surface area contributed by atoms with Crippen molar-refractivity contribution in [3.05, 3.63) is 77.4 Å². The van der Waals surface area contributed by atoms with E-state index in [1.165, 1.54) is 5.56 Å². The smallest absolute Gasteiger partial charge is 0.313 e. The second-order valence-electron chi connectivity index (χ2n) is 8.05. The molecule has 1 heterocycles. The number of hydrogen-bond donors (Lipinski definition) is 0. The van der Waals surface area contributed by atoms with Crippen LogP contribution in [0.5, 0.6) is 5.75 Å². The maximum absolute atomic E-state index is 12.9. The second-order valence-corrected chi connectivity index (χ2v) is 8.05. The van der Waals surface area contributed by atoms with Gasteiger partial charge in [0.2, 0.25) is 0 Å². The highest BCUT2D eigenvalue weighted by atomic mass is 16.5. The summed E-state index contributed by atoms with van der Waals surface area (Å²) in [6.07, 6.45) is 0.00542. The molecule has 0 N–H and O–H groups in total. The Morgan fingerprint density at radius 3 is 2.42 bits per heavy atom. The van der Waals surface area contributed by atoms with Gasteiger partial charge in [0.1, 0.15) is 5.75 Å². The first-order valence-electron chi connectivity index (χ1n) is 10.6. The van der Waals surface area contributed by atoms with Crippen molar-refractivity contribution in [2.75, 3.05) is 13.7 Å². The molecule has 1 aliphatic heterocycles. The summed E-state index contributed by atoms with van der Waals surface area (Å²) < 4.78 is 10.8. The van der Waals surface area contributed by atoms with Crippen molar-refractivity contribution in [2.45, 2.75) is 38.8 Å². The molecule has 0 bridgehead atoms. The average molecular weight is 418 g/mol. The Balaban J connectivity index is 1.41. The van der Waals surface area contributed by atoms with Crippen LogP contribution < -0.4 is 4.74 Å². The molecule has 31 heavy (non-hydrogen) atoms. The highest BCUT2D eigenvalue weighted by molar-refractivity contribution is 5.88. The summed E-state index contributed by atoms with van der Waals surface area (Å²) in [5, 5.41) is 2.06. The van der Waals surface area contributed by atoms with E-state index in [1.807, 2.05) is 54.6 Å². The zero-order chi connectivity index (χ0) is 22.0. The van der Waals surface area contributed by atoms with E-state index in [4.69, 9.17) is 9.47 Å². The molecule has 1 amide bonds. The van der Waals surface area contributed by atoms with E-state index in [2.05, 4.69) is 6.07 Å². The van der Waals surface area contributed by atoms with Crippen LogP contribution >= 0.6 is 0 Å². The van der Waals surface area contributed by atoms with Crippen LogP contribution in [0.25, 0.3) is 10.8 Å². The van der Waals surface area contributed by atoms with E-state index in [9.17, 15) is 9.59 Å². The number of methoxy groups -OCH3 is 1. The van der Waals surface area contributed by atoms with Crippen LogP contribution in [0.3, 0.4) is 0 Å². The minimum absolute atomic E-state index is 0.152. The third-order valence-corrected chi connectivity index (χ3v) is 6.01. The molecule has 1 aliphatic rings. The molecule has 5 heteroatoms. The molecule has 3 aromatic carbocycles. The standard InChI is InChI=1S/C26H27NO4/c1-17(20-8-9-22-15-24(30-3)11-10-21(22)14-20)26(29)31-18(2)25(28)27-13-12-19-6-4-5-7-23(19)16-27/h4-11,14-15,17-18H,12-13,16H2,1-3H3/t17-,18-/m0/s1. The molecular formula is C26H27NO4. The molecule has 0 saturated carbocycles. The molecule has 0 radical (unpaired) electrons. The molecule has 4 rings (SSSR count). The highest BCUT2D eigenvalue weighted by Crippen LogP contribution is 2.26. The summed E-state index contributed by atoms with van der Waals surface area (Å²) in [7, 11) is 1.64. The van der Waals surface area contributed by atoms with E-state index >= 15 is 0 Å². The van der Waals surface area contributed by atoms with Crippen molar-refractivity contribution in [3.8, 4) is 5.75 Å². The third-order valence-electron chi connectivity index (χ3n) is 6.01. The number of benzene rings is 3. The third kappa shape index (κ3) is 4.41. The number of carbonyl (C=O) groups excluding carboxylic acids is 2. The van der Waals surface area contributed by atoms with Gasteiger partial charge in [-0.05, 0) is 59.9 Å². The van der Waals surface area contributed by atoms with Crippen molar-refractivity contribution in [3.63, 3.8) is 0 Å². The van der Waals surface area contributed by atoms with Gasteiger partial charge >= 0.3 is 5.97 Å². The van der Waals surface area contributed by atoms with Gasteiger partial charge in [-0.3, -0.25) is 9.59 Å². The Kier molecular flexibility index (Phi) is 5.94. The van der Waals surface area contributed by atoms with E-state index in [0.29, 0.717) is 13.1 Å². The van der Waals surface area contributed by atoms with Gasteiger partial charge in [0, 0.05) is 13.1 Å². The van der Waals surface area contributed by atoms with Crippen LogP contribution in [0.1, 0.15) is 36.5 Å². The second kappa shape index (κ2) is 8.80. The summed E-state index contributed by atoms with van der Waals surface area (Å²) in [6, 6.07) is 19.8. The number of carbonyl (C=O) groups is 2. The van der Waals surface area contributed by atoms with E-state index in [-0.39, 0.29) is 5.91 Å². The first kappa shape index (κ1) is 20.9. The van der Waals surface area contributed by atoms with E-state index in [1.54, 1.807) is 25.9 Å². The van der Waals surface area contributed by atoms with Gasteiger partial charge in [0.05, 0.1) is 13.0 Å². The van der Waals surface area contributed by atoms with Crippen molar-refractivity contribution in [1.29, 1.82) is 0 Å². The lowest BCUT2D eigenvalue weighted by Crippen LogP contribution is -2.43. The summed E-state index contributed by atoms with van der Waals surface area (Å²) in [4.78, 5) is 27.4. The quantitative estimate of drug-likeness (QED) is 0.575. The lowest BCUT2D eigenvalue weighted by atomic mass is 9.97. The van der Waals surface area contributed by atoms with Gasteiger partial charge in [-0.2, -0.15) is 0 Å². The van der Waals surface area contributed by atoms with Crippen LogP contribution in [0.15, 0.2) is 60.7 Å². The van der Waals surface area contributed by atoms with Gasteiger partial charge in [-0.1, -0.05) is 48.5 Å². The van der Waals surface area contributed by atoms with Gasteiger partial charge in [-0.25, -0.2) is 0 Å². The normalized spacial score (nSPS) is 15.1. The highest BCUT2D eigenvalue weighted by Gasteiger charge is 2.28. The number of rotatable bonds is 5. The van der Waals surface area contributed by atoms with Gasteiger partial charge in [0.25, 0.3) is 5.91 Å². The molecular weight excluding hydrogens is 390 g/mol. The minimum atomic E-state index is -0.815. The largest absolute Gasteiger partial charge is 0.497 e. The molecule has 2 atom stereocenters. The molecule has 0 fully saturated rings. The summed E-state index contributed by atoms with van der Waals surface area (Å²) in [5.41, 5.74) is 3.29. The van der Waals surface area contributed by atoms with Crippen molar-refractivity contribution in [2.24, 2.45) is 0 Å². The number of ether oxygens (including phenoxy) is 2. The Morgan fingerprint density at radius 2 is 1.65 bits per heavy atom. The van der Waals surface area contributed by atoms with Crippen LogP contribution in [0, 0.1) is 0 Å². The first-order chi connectivity index (χ1) is 15.0. The summed E-state index contributed by atoms with van der Waals surface area (Å²) >= 11 is 0. The van der Waals surface area contributed by atoms with E-state index in [0.717, 1.165) is 34.1 Å². The minimum Gasteiger partial charge on any atom is -0.497 e. The molecule has 0 unspecified atom stereocenters. The maximum atomic E-state index is 12.9. The predicted octanol–water partition coefficient (Wildman–Crippen LogP) is 4.47. The molecule has 0 spiro atoms. The van der Waals surface area contributed by atoms with Gasteiger partial charge in [0.15, 0.2) is 6.10 Å². The number of esters is 1. The number of nitrogens with zero attached hydrogens (tertiary/aromatic N) is 1. The zero-order valence-electron chi connectivity index (χ0n) is 18.1. The SMILES string of the molecule is COc1ccc2cc([C@H](C)C(=O)O[C@@H](C)C(=O)N3CCc4ccccc4C3)ccc2c1. The van der Waals surface area contributed by atoms with Crippen LogP contribution in [-0.4, -0.2) is 36.5 Å². The van der Waals surface area contributed by atoms with Crippen LogP contribution in [0.4, 0.5) is 0 Å². The Hall–Kier alpha value is -3.34. The lowest BCUT2D eigenvalue weighted by molar-refractivity contribution is -0.160. The lowest BCUT2D eigenvalue weighted by Gasteiger charge is -2.31. The summed E-state index contributed by atoms with van der Waals surface area (Å²) in [5.74, 6) is -0.226. The zero-order valence-corrected chi connectivity index (χ0v) is 18.1. The van der Waals surface area contributed by atoms with Crippen molar-refractivity contribution >= 4 is 22.6 Å². The average Bonchev–Trinajstić information content (AvgIpc) is 2.81. The topological polar surface area (TPSA) is 55.8 Å². The Bertz CT molecular complexity index is 1120. The maximum Gasteiger partial charge on any atom is 0.313 e. The van der Waals surface area contributed by atoms with Crippen LogP contribution in [0.2, 0.25) is 0 Å². The number of amides is 1. The first-order valence-corrected chi connectivity index (χ1v) is 10.6. The van der Waals surface area contributed by atoms with Crippen LogP contribution in [-0.2, 0) is 27.3 Å². The summed E-state index contributed by atoms with van der Waals surface area (Å²) in [6.45, 7) is 4.66. The molecule has 5 nitrogen and oxygen atoms in total. The monoisotopic (exact) mass is 417 g/mol. The van der Waals surface area contributed by atoms with Gasteiger partial charge < -0.3 is 14.4 Å². The van der Waals surface area contributed by atoms with Gasteiger partial charge in [-0.15, -0.1) is 0 Å². The fourth-order valence-corrected chi connectivity index (χ4v) is 4.04. The number of hydrogen-bond acceptors (Lipinski definition) is 4. The molecule has 3 aromatic rings. The van der Waals surface area contributed by atoms with Crippen molar-refractivity contribution in [1.82, 2.24) is 4.90 Å².